The number of carbonyl (C=O) groups excluding carboxylic acids is 1. The van der Waals surface area contributed by atoms with Crippen molar-refractivity contribution in [3.05, 3.63) is 0 Å². The fourth-order valence-electron chi connectivity index (χ4n) is 2.65. The van der Waals surface area contributed by atoms with Crippen LogP contribution in [0.5, 0.6) is 0 Å². The third kappa shape index (κ3) is 5.92. The molecule has 0 bridgehead atoms. The Morgan fingerprint density at radius 1 is 1.19 bits per heavy atom. The second-order valence-electron chi connectivity index (χ2n) is 6.17. The smallest absolute Gasteiger partial charge is 0.236 e. The van der Waals surface area contributed by atoms with Crippen molar-refractivity contribution in [1.82, 2.24) is 14.9 Å². The summed E-state index contributed by atoms with van der Waals surface area (Å²) in [6, 6.07) is -0.0231. The SMILES string of the molecule is CCCS(=O)(=O)NC1CCN(C(=O)CNCC2CC2)CC1. The molecular formula is C14H27N3O3S. The summed E-state index contributed by atoms with van der Waals surface area (Å²) in [5.74, 6) is 1.08. The number of piperidine rings is 1. The summed E-state index contributed by atoms with van der Waals surface area (Å²) >= 11 is 0. The molecule has 2 fully saturated rings. The lowest BCUT2D eigenvalue weighted by molar-refractivity contribution is -0.131. The molecule has 2 N–H and O–H groups in total. The van der Waals surface area contributed by atoms with Gasteiger partial charge >= 0.3 is 0 Å². The van der Waals surface area contributed by atoms with Crippen LogP contribution in [0.2, 0.25) is 0 Å². The molecular weight excluding hydrogens is 290 g/mol. The lowest BCUT2D eigenvalue weighted by Gasteiger charge is -2.32. The van der Waals surface area contributed by atoms with Gasteiger partial charge in [0.15, 0.2) is 0 Å². The highest BCUT2D eigenvalue weighted by Gasteiger charge is 2.26. The van der Waals surface area contributed by atoms with Gasteiger partial charge in [0.1, 0.15) is 0 Å². The standard InChI is InChI=1S/C14H27N3O3S/c1-2-9-21(19,20)16-13-5-7-17(8-6-13)14(18)11-15-10-12-3-4-12/h12-13,15-16H,2-11H2,1H3. The number of amides is 1. The minimum absolute atomic E-state index is 0.0231. The number of hydrogen-bond acceptors (Lipinski definition) is 4. The Balaban J connectivity index is 1.65. The van der Waals surface area contributed by atoms with Crippen molar-refractivity contribution in [2.24, 2.45) is 5.92 Å². The molecule has 0 radical (unpaired) electrons. The van der Waals surface area contributed by atoms with Crippen LogP contribution >= 0.6 is 0 Å². The summed E-state index contributed by atoms with van der Waals surface area (Å²) in [5, 5.41) is 3.21. The van der Waals surface area contributed by atoms with Crippen LogP contribution in [-0.4, -0.2) is 57.2 Å². The number of likely N-dealkylation sites (tertiary alicyclic amines) is 1. The molecule has 7 heteroatoms. The molecule has 1 aliphatic heterocycles. The van der Waals surface area contributed by atoms with Crippen LogP contribution in [0, 0.1) is 5.92 Å². The van der Waals surface area contributed by atoms with Crippen LogP contribution in [0.3, 0.4) is 0 Å². The molecule has 6 nitrogen and oxygen atoms in total. The topological polar surface area (TPSA) is 78.5 Å². The molecule has 0 aromatic heterocycles. The van der Waals surface area contributed by atoms with Gasteiger partial charge in [-0.2, -0.15) is 0 Å². The van der Waals surface area contributed by atoms with Gasteiger partial charge in [0, 0.05) is 19.1 Å². The van der Waals surface area contributed by atoms with Crippen LogP contribution in [-0.2, 0) is 14.8 Å². The first-order valence-corrected chi connectivity index (χ1v) is 9.64. The van der Waals surface area contributed by atoms with Gasteiger partial charge in [0.05, 0.1) is 12.3 Å². The molecule has 1 saturated heterocycles. The van der Waals surface area contributed by atoms with E-state index in [1.165, 1.54) is 12.8 Å². The first kappa shape index (κ1) is 16.7. The quantitative estimate of drug-likeness (QED) is 0.675. The second kappa shape index (κ2) is 7.56. The highest BCUT2D eigenvalue weighted by molar-refractivity contribution is 7.89. The number of rotatable bonds is 8. The van der Waals surface area contributed by atoms with Crippen molar-refractivity contribution < 1.29 is 13.2 Å². The highest BCUT2D eigenvalue weighted by Crippen LogP contribution is 2.27. The summed E-state index contributed by atoms with van der Waals surface area (Å²) in [6.45, 7) is 4.49. The van der Waals surface area contributed by atoms with Gasteiger partial charge in [-0.1, -0.05) is 6.92 Å². The van der Waals surface area contributed by atoms with Crippen LogP contribution in [0.1, 0.15) is 39.0 Å². The largest absolute Gasteiger partial charge is 0.341 e. The normalized spacial score (nSPS) is 20.7. The molecule has 0 unspecified atom stereocenters. The van der Waals surface area contributed by atoms with E-state index in [9.17, 15) is 13.2 Å². The van der Waals surface area contributed by atoms with E-state index in [0.717, 1.165) is 12.5 Å². The third-order valence-corrected chi connectivity index (χ3v) is 5.71. The Morgan fingerprint density at radius 2 is 1.86 bits per heavy atom. The van der Waals surface area contributed by atoms with Crippen molar-refractivity contribution in [3.8, 4) is 0 Å². The zero-order valence-electron chi connectivity index (χ0n) is 12.8. The highest BCUT2D eigenvalue weighted by atomic mass is 32.2. The third-order valence-electron chi connectivity index (χ3n) is 4.07. The summed E-state index contributed by atoms with van der Waals surface area (Å²) in [5.41, 5.74) is 0. The minimum Gasteiger partial charge on any atom is -0.341 e. The average molecular weight is 317 g/mol. The molecule has 0 aromatic carbocycles. The fourth-order valence-corrected chi connectivity index (χ4v) is 4.04. The second-order valence-corrected chi connectivity index (χ2v) is 8.04. The van der Waals surface area contributed by atoms with E-state index in [2.05, 4.69) is 10.0 Å². The lowest BCUT2D eigenvalue weighted by atomic mass is 10.1. The van der Waals surface area contributed by atoms with Crippen molar-refractivity contribution in [3.63, 3.8) is 0 Å². The molecule has 1 heterocycles. The molecule has 1 aliphatic carbocycles. The van der Waals surface area contributed by atoms with E-state index < -0.39 is 10.0 Å². The predicted octanol–water partition coefficient (Wildman–Crippen LogP) is 0.306. The monoisotopic (exact) mass is 317 g/mol. The van der Waals surface area contributed by atoms with Gasteiger partial charge in [0.25, 0.3) is 0 Å². The van der Waals surface area contributed by atoms with Crippen LogP contribution in [0.4, 0.5) is 0 Å². The average Bonchev–Trinajstić information content (AvgIpc) is 3.23. The van der Waals surface area contributed by atoms with E-state index in [0.29, 0.717) is 38.9 Å². The van der Waals surface area contributed by atoms with Crippen LogP contribution in [0.15, 0.2) is 0 Å². The molecule has 2 rings (SSSR count). The van der Waals surface area contributed by atoms with Crippen molar-refractivity contribution in [2.75, 3.05) is 31.9 Å². The summed E-state index contributed by atoms with van der Waals surface area (Å²) in [7, 11) is -3.15. The fraction of sp³-hybridized carbons (Fsp3) is 0.929. The van der Waals surface area contributed by atoms with Crippen molar-refractivity contribution in [1.29, 1.82) is 0 Å². The van der Waals surface area contributed by atoms with Gasteiger partial charge in [0.2, 0.25) is 15.9 Å². The first-order valence-electron chi connectivity index (χ1n) is 7.98. The van der Waals surface area contributed by atoms with Crippen LogP contribution in [0.25, 0.3) is 0 Å². The molecule has 0 spiro atoms. The molecule has 2 aliphatic rings. The predicted molar refractivity (Wildman–Crippen MR) is 82.4 cm³/mol. The maximum absolute atomic E-state index is 12.0. The Morgan fingerprint density at radius 3 is 2.43 bits per heavy atom. The lowest BCUT2D eigenvalue weighted by Crippen LogP contribution is -2.48. The molecule has 1 amide bonds. The number of nitrogens with one attached hydrogen (secondary N) is 2. The minimum atomic E-state index is -3.15. The van der Waals surface area contributed by atoms with Crippen molar-refractivity contribution >= 4 is 15.9 Å². The summed E-state index contributed by atoms with van der Waals surface area (Å²) < 4.78 is 26.2. The Kier molecular flexibility index (Phi) is 6.01. The van der Waals surface area contributed by atoms with E-state index in [1.54, 1.807) is 0 Å². The number of hydrogen-bond donors (Lipinski definition) is 2. The number of nitrogens with zero attached hydrogens (tertiary/aromatic N) is 1. The Labute approximate surface area is 127 Å². The van der Waals surface area contributed by atoms with Gasteiger partial charge in [-0.25, -0.2) is 13.1 Å². The zero-order chi connectivity index (χ0) is 15.3. The molecule has 21 heavy (non-hydrogen) atoms. The number of carbonyl (C=O) groups is 1. The molecule has 122 valence electrons. The molecule has 0 aromatic rings. The van der Waals surface area contributed by atoms with Gasteiger partial charge < -0.3 is 10.2 Å². The van der Waals surface area contributed by atoms with E-state index in [4.69, 9.17) is 0 Å². The van der Waals surface area contributed by atoms with E-state index >= 15 is 0 Å². The van der Waals surface area contributed by atoms with Crippen molar-refractivity contribution in [2.45, 2.75) is 45.1 Å². The maximum atomic E-state index is 12.0. The number of sulfonamides is 1. The van der Waals surface area contributed by atoms with Gasteiger partial charge in [-0.3, -0.25) is 4.79 Å². The van der Waals surface area contributed by atoms with Gasteiger partial charge in [-0.15, -0.1) is 0 Å². The maximum Gasteiger partial charge on any atom is 0.236 e. The molecule has 0 atom stereocenters. The summed E-state index contributed by atoms with van der Waals surface area (Å²) in [6.07, 6.45) is 4.60. The van der Waals surface area contributed by atoms with E-state index in [-0.39, 0.29) is 17.7 Å². The first-order chi connectivity index (χ1) is 10.00. The zero-order valence-corrected chi connectivity index (χ0v) is 13.6. The van der Waals surface area contributed by atoms with Crippen LogP contribution < -0.4 is 10.0 Å². The Hall–Kier alpha value is -0.660. The Bertz CT molecular complexity index is 440. The van der Waals surface area contributed by atoms with E-state index in [1.807, 2.05) is 11.8 Å². The molecule has 1 saturated carbocycles. The van der Waals surface area contributed by atoms with Gasteiger partial charge in [-0.05, 0) is 44.6 Å². The summed E-state index contributed by atoms with van der Waals surface area (Å²) in [4.78, 5) is 13.9.